The highest BCUT2D eigenvalue weighted by Gasteiger charge is 2.37. The minimum atomic E-state index is -0.709. The molecule has 4 aromatic rings. The molecule has 4 rings (SSSR count). The van der Waals surface area contributed by atoms with Crippen molar-refractivity contribution in [1.82, 2.24) is 4.98 Å². The largest absolute Gasteiger partial charge is 0.354 e. The lowest BCUT2D eigenvalue weighted by atomic mass is 9.74. The highest BCUT2D eigenvalue weighted by Crippen LogP contribution is 2.43. The van der Waals surface area contributed by atoms with E-state index in [0.29, 0.717) is 12.8 Å². The molecule has 0 amide bonds. The predicted octanol–water partition coefficient (Wildman–Crippen LogP) is 6.54. The molecule has 1 atom stereocenters. The maximum absolute atomic E-state index is 13.2. The first-order valence-electron chi connectivity index (χ1n) is 10.9. The van der Waals surface area contributed by atoms with E-state index >= 15 is 0 Å². The van der Waals surface area contributed by atoms with Crippen LogP contribution < -0.4 is 0 Å². The molecule has 1 heterocycles. The van der Waals surface area contributed by atoms with Crippen LogP contribution in [0.25, 0.3) is 22.2 Å². The minimum absolute atomic E-state index is 0.00926. The summed E-state index contributed by atoms with van der Waals surface area (Å²) in [5.41, 5.74) is 5.01. The van der Waals surface area contributed by atoms with Crippen molar-refractivity contribution in [2.75, 3.05) is 0 Å². The van der Waals surface area contributed by atoms with Crippen molar-refractivity contribution < 1.29 is 9.59 Å². The molecule has 0 bridgehead atoms. The van der Waals surface area contributed by atoms with E-state index in [1.54, 1.807) is 0 Å². The number of hydrogen-bond acceptors (Lipinski definition) is 2. The van der Waals surface area contributed by atoms with Crippen molar-refractivity contribution in [2.45, 2.75) is 32.6 Å². The van der Waals surface area contributed by atoms with E-state index in [4.69, 9.17) is 0 Å². The van der Waals surface area contributed by atoms with Gasteiger partial charge in [0.15, 0.2) is 0 Å². The minimum Gasteiger partial charge on any atom is -0.354 e. The molecular formula is C28H27NO2. The van der Waals surface area contributed by atoms with E-state index in [2.05, 4.69) is 23.2 Å². The van der Waals surface area contributed by atoms with Crippen LogP contribution in [0.1, 0.15) is 43.7 Å². The first-order chi connectivity index (χ1) is 15.2. The molecule has 0 aliphatic rings. The van der Waals surface area contributed by atoms with Gasteiger partial charge in [-0.15, -0.1) is 0 Å². The van der Waals surface area contributed by atoms with Crippen molar-refractivity contribution >= 4 is 22.5 Å². The standard InChI is InChI=1S/C28H27NO2/c1-3-23(30)27(24(31)4-2)25(19-13-7-5-8-14-19)26-21-17-11-12-18-22(21)29-28(26)20-15-9-6-10-16-20/h5-18,25,27,29H,3-4H2,1-2H3/t25-/m1/s1. The quantitative estimate of drug-likeness (QED) is 0.336. The molecule has 0 saturated heterocycles. The zero-order valence-electron chi connectivity index (χ0n) is 18.0. The van der Waals surface area contributed by atoms with Gasteiger partial charge >= 0.3 is 0 Å². The summed E-state index contributed by atoms with van der Waals surface area (Å²) in [6, 6.07) is 28.2. The maximum Gasteiger partial charge on any atom is 0.144 e. The van der Waals surface area contributed by atoms with Gasteiger partial charge in [-0.2, -0.15) is 0 Å². The molecule has 1 aromatic heterocycles. The summed E-state index contributed by atoms with van der Waals surface area (Å²) >= 11 is 0. The molecule has 0 aliphatic carbocycles. The monoisotopic (exact) mass is 409 g/mol. The molecule has 156 valence electrons. The normalized spacial score (nSPS) is 12.2. The molecule has 0 fully saturated rings. The van der Waals surface area contributed by atoms with Crippen molar-refractivity contribution in [2.24, 2.45) is 5.92 Å². The van der Waals surface area contributed by atoms with Gasteiger partial charge in [-0.3, -0.25) is 9.59 Å². The van der Waals surface area contributed by atoms with Gasteiger partial charge in [0, 0.05) is 29.7 Å². The lowest BCUT2D eigenvalue weighted by molar-refractivity contribution is -0.133. The third kappa shape index (κ3) is 3.96. The van der Waals surface area contributed by atoms with Gasteiger partial charge in [-0.05, 0) is 22.8 Å². The SMILES string of the molecule is CCC(=O)C(C(=O)CC)[C@H](c1ccccc1)c1c(-c2ccccc2)[nH]c2ccccc12. The van der Waals surface area contributed by atoms with Crippen LogP contribution in [0.3, 0.4) is 0 Å². The lowest BCUT2D eigenvalue weighted by Crippen LogP contribution is -2.30. The lowest BCUT2D eigenvalue weighted by Gasteiger charge is -2.27. The number of benzene rings is 3. The Bertz CT molecular complexity index is 1180. The number of carbonyl (C=O) groups excluding carboxylic acids is 2. The number of fused-ring (bicyclic) bond motifs is 1. The summed E-state index contributed by atoms with van der Waals surface area (Å²) in [4.78, 5) is 29.9. The van der Waals surface area contributed by atoms with Crippen LogP contribution in [0, 0.1) is 5.92 Å². The number of H-pyrrole nitrogens is 1. The molecule has 0 spiro atoms. The Hall–Kier alpha value is -3.46. The Labute approximate surface area is 183 Å². The number of aromatic nitrogens is 1. The van der Waals surface area contributed by atoms with Crippen LogP contribution >= 0.6 is 0 Å². The molecule has 0 saturated carbocycles. The molecule has 3 aromatic carbocycles. The average molecular weight is 410 g/mol. The number of carbonyl (C=O) groups is 2. The number of aromatic amines is 1. The smallest absolute Gasteiger partial charge is 0.144 e. The van der Waals surface area contributed by atoms with Crippen LogP contribution in [-0.2, 0) is 9.59 Å². The number of para-hydroxylation sites is 1. The molecule has 1 N–H and O–H groups in total. The summed E-state index contributed by atoms with van der Waals surface area (Å²) in [7, 11) is 0. The third-order valence-corrected chi connectivity index (χ3v) is 6.00. The second-order valence-corrected chi connectivity index (χ2v) is 7.83. The molecule has 0 radical (unpaired) electrons. The van der Waals surface area contributed by atoms with Gasteiger partial charge in [0.05, 0.1) is 11.6 Å². The van der Waals surface area contributed by atoms with E-state index in [1.165, 1.54) is 0 Å². The Morgan fingerprint density at radius 1 is 0.742 bits per heavy atom. The topological polar surface area (TPSA) is 49.9 Å². The fourth-order valence-electron chi connectivity index (χ4n) is 4.50. The second-order valence-electron chi connectivity index (χ2n) is 7.83. The first kappa shape index (κ1) is 20.8. The first-order valence-corrected chi connectivity index (χ1v) is 10.9. The number of hydrogen-bond donors (Lipinski definition) is 1. The van der Waals surface area contributed by atoms with Gasteiger partial charge in [0.25, 0.3) is 0 Å². The van der Waals surface area contributed by atoms with Gasteiger partial charge in [-0.1, -0.05) is 92.7 Å². The van der Waals surface area contributed by atoms with E-state index in [9.17, 15) is 9.59 Å². The Morgan fingerprint density at radius 3 is 1.90 bits per heavy atom. The van der Waals surface area contributed by atoms with E-state index in [0.717, 1.165) is 33.3 Å². The Morgan fingerprint density at radius 2 is 1.29 bits per heavy atom. The van der Waals surface area contributed by atoms with Crippen molar-refractivity contribution in [3.05, 3.63) is 96.1 Å². The maximum atomic E-state index is 13.2. The third-order valence-electron chi connectivity index (χ3n) is 6.00. The van der Waals surface area contributed by atoms with Gasteiger partial charge in [0.2, 0.25) is 0 Å². The predicted molar refractivity (Wildman–Crippen MR) is 126 cm³/mol. The van der Waals surface area contributed by atoms with Gasteiger partial charge < -0.3 is 4.98 Å². The van der Waals surface area contributed by atoms with Gasteiger partial charge in [0.1, 0.15) is 11.6 Å². The molecule has 3 heteroatoms. The second kappa shape index (κ2) is 9.13. The molecule has 0 unspecified atom stereocenters. The van der Waals surface area contributed by atoms with Crippen LogP contribution in [0.15, 0.2) is 84.9 Å². The average Bonchev–Trinajstić information content (AvgIpc) is 3.22. The zero-order chi connectivity index (χ0) is 21.8. The van der Waals surface area contributed by atoms with Crippen molar-refractivity contribution in [3.8, 4) is 11.3 Å². The Kier molecular flexibility index (Phi) is 6.13. The highest BCUT2D eigenvalue weighted by atomic mass is 16.1. The summed E-state index contributed by atoms with van der Waals surface area (Å²) < 4.78 is 0. The number of nitrogens with one attached hydrogen (secondary N) is 1. The van der Waals surface area contributed by atoms with Crippen molar-refractivity contribution in [3.63, 3.8) is 0 Å². The van der Waals surface area contributed by atoms with E-state index < -0.39 is 5.92 Å². The fraction of sp³-hybridized carbons (Fsp3) is 0.214. The number of Topliss-reactive ketones (excluding diaryl/α,β-unsaturated/α-hetero) is 2. The van der Waals surface area contributed by atoms with Gasteiger partial charge in [-0.25, -0.2) is 0 Å². The van der Waals surface area contributed by atoms with E-state index in [-0.39, 0.29) is 17.5 Å². The summed E-state index contributed by atoms with van der Waals surface area (Å²) in [5.74, 6) is -1.08. The number of ketones is 2. The Balaban J connectivity index is 2.06. The molecular weight excluding hydrogens is 382 g/mol. The zero-order valence-corrected chi connectivity index (χ0v) is 18.0. The molecule has 0 aliphatic heterocycles. The number of rotatable bonds is 8. The van der Waals surface area contributed by atoms with Crippen LogP contribution in [0.2, 0.25) is 0 Å². The van der Waals surface area contributed by atoms with E-state index in [1.807, 2.05) is 80.6 Å². The summed E-state index contributed by atoms with van der Waals surface area (Å²) in [6.45, 7) is 3.68. The summed E-state index contributed by atoms with van der Waals surface area (Å²) in [5, 5.41) is 1.05. The van der Waals surface area contributed by atoms with Crippen LogP contribution in [0.4, 0.5) is 0 Å². The van der Waals surface area contributed by atoms with Crippen LogP contribution in [-0.4, -0.2) is 16.6 Å². The summed E-state index contributed by atoms with van der Waals surface area (Å²) in [6.07, 6.45) is 0.672. The molecule has 31 heavy (non-hydrogen) atoms. The molecule has 3 nitrogen and oxygen atoms in total. The van der Waals surface area contributed by atoms with Crippen LogP contribution in [0.5, 0.6) is 0 Å². The highest BCUT2D eigenvalue weighted by molar-refractivity contribution is 6.05. The fourth-order valence-corrected chi connectivity index (χ4v) is 4.50. The van der Waals surface area contributed by atoms with Crippen molar-refractivity contribution in [1.29, 1.82) is 0 Å².